The SMILES string of the molecule is CC[C@@H](C)C(SC)=C1C(=O)OC(C)(C)OC1=O. The summed E-state index contributed by atoms with van der Waals surface area (Å²) in [4.78, 5) is 24.4. The van der Waals surface area contributed by atoms with Gasteiger partial charge in [0.05, 0.1) is 0 Å². The zero-order chi connectivity index (χ0) is 13.2. The highest BCUT2D eigenvalue weighted by molar-refractivity contribution is 8.02. The fraction of sp³-hybridized carbons (Fsp3) is 0.667. The minimum absolute atomic E-state index is 0.0474. The molecule has 1 rings (SSSR count). The smallest absolute Gasteiger partial charge is 0.349 e. The highest BCUT2D eigenvalue weighted by atomic mass is 32.2. The maximum absolute atomic E-state index is 11.8. The Balaban J connectivity index is 3.16. The number of ether oxygens (including phenoxy) is 2. The Kier molecular flexibility index (Phi) is 4.25. The van der Waals surface area contributed by atoms with Crippen molar-refractivity contribution in [2.45, 2.75) is 39.9 Å². The molecule has 0 aromatic heterocycles. The molecule has 1 atom stereocenters. The summed E-state index contributed by atoms with van der Waals surface area (Å²) in [6.07, 6.45) is 2.69. The molecule has 0 aliphatic carbocycles. The van der Waals surface area contributed by atoms with E-state index in [0.29, 0.717) is 0 Å². The van der Waals surface area contributed by atoms with E-state index in [-0.39, 0.29) is 11.5 Å². The average molecular weight is 258 g/mol. The van der Waals surface area contributed by atoms with Gasteiger partial charge in [0.2, 0.25) is 0 Å². The van der Waals surface area contributed by atoms with Crippen LogP contribution in [0.2, 0.25) is 0 Å². The molecule has 96 valence electrons. The lowest BCUT2D eigenvalue weighted by Crippen LogP contribution is -2.42. The van der Waals surface area contributed by atoms with E-state index in [2.05, 4.69) is 0 Å². The third-order valence-electron chi connectivity index (χ3n) is 2.61. The van der Waals surface area contributed by atoms with E-state index in [4.69, 9.17) is 9.47 Å². The maximum atomic E-state index is 11.8. The summed E-state index contributed by atoms with van der Waals surface area (Å²) in [5.74, 6) is -2.20. The lowest BCUT2D eigenvalue weighted by atomic mass is 10.0. The van der Waals surface area contributed by atoms with Crippen LogP contribution in [0.15, 0.2) is 10.5 Å². The van der Waals surface area contributed by atoms with Crippen LogP contribution in [0.25, 0.3) is 0 Å². The van der Waals surface area contributed by atoms with E-state index in [9.17, 15) is 9.59 Å². The van der Waals surface area contributed by atoms with E-state index >= 15 is 0 Å². The Morgan fingerprint density at radius 2 is 1.76 bits per heavy atom. The average Bonchev–Trinajstić information content (AvgIpc) is 2.20. The van der Waals surface area contributed by atoms with Gasteiger partial charge in [-0.25, -0.2) is 9.59 Å². The molecule has 0 spiro atoms. The number of thioether (sulfide) groups is 1. The van der Waals surface area contributed by atoms with E-state index in [0.717, 1.165) is 11.3 Å². The molecule has 0 N–H and O–H groups in total. The van der Waals surface area contributed by atoms with Gasteiger partial charge in [0.25, 0.3) is 5.79 Å². The van der Waals surface area contributed by atoms with E-state index in [1.54, 1.807) is 13.8 Å². The van der Waals surface area contributed by atoms with Gasteiger partial charge in [-0.3, -0.25) is 0 Å². The van der Waals surface area contributed by atoms with Gasteiger partial charge in [0.1, 0.15) is 0 Å². The molecule has 17 heavy (non-hydrogen) atoms. The zero-order valence-corrected chi connectivity index (χ0v) is 11.6. The molecule has 1 aliphatic heterocycles. The van der Waals surface area contributed by atoms with Gasteiger partial charge >= 0.3 is 11.9 Å². The Bertz CT molecular complexity index is 349. The second kappa shape index (κ2) is 5.12. The number of carbonyl (C=O) groups is 2. The standard InChI is InChI=1S/C12H18O4S/c1-6-7(2)9(17-5)8-10(13)15-12(3,4)16-11(8)14/h7H,6H2,1-5H3/t7-/m1/s1. The predicted molar refractivity (Wildman–Crippen MR) is 66.3 cm³/mol. The molecule has 0 unspecified atom stereocenters. The molecule has 1 saturated heterocycles. The topological polar surface area (TPSA) is 52.6 Å². The number of rotatable bonds is 3. The van der Waals surface area contributed by atoms with Gasteiger partial charge < -0.3 is 9.47 Å². The number of hydrogen-bond donors (Lipinski definition) is 0. The molecule has 0 saturated carbocycles. The molecular formula is C12H18O4S. The molecule has 4 nitrogen and oxygen atoms in total. The van der Waals surface area contributed by atoms with E-state index < -0.39 is 17.7 Å². The summed E-state index contributed by atoms with van der Waals surface area (Å²) in [5.41, 5.74) is 0.0474. The molecular weight excluding hydrogens is 240 g/mol. The third kappa shape index (κ3) is 3.03. The van der Waals surface area contributed by atoms with E-state index in [1.165, 1.54) is 11.8 Å². The molecule has 0 aromatic rings. The molecule has 1 fully saturated rings. The summed E-state index contributed by atoms with van der Waals surface area (Å²) < 4.78 is 10.2. The number of carbonyl (C=O) groups excluding carboxylic acids is 2. The summed E-state index contributed by atoms with van der Waals surface area (Å²) in [6, 6.07) is 0. The van der Waals surface area contributed by atoms with Crippen LogP contribution < -0.4 is 0 Å². The van der Waals surface area contributed by atoms with Crippen LogP contribution in [0.5, 0.6) is 0 Å². The first-order valence-corrected chi connectivity index (χ1v) is 6.79. The van der Waals surface area contributed by atoms with Crippen molar-refractivity contribution in [2.75, 3.05) is 6.26 Å². The second-order valence-electron chi connectivity index (χ2n) is 4.43. The van der Waals surface area contributed by atoms with Crippen LogP contribution in [0, 0.1) is 5.92 Å². The zero-order valence-electron chi connectivity index (χ0n) is 10.8. The number of allylic oxidation sites excluding steroid dienone is 1. The fourth-order valence-corrected chi connectivity index (χ4v) is 2.53. The molecule has 1 aliphatic rings. The van der Waals surface area contributed by atoms with Crippen LogP contribution in [0.1, 0.15) is 34.1 Å². The normalized spacial score (nSPS) is 20.6. The maximum Gasteiger partial charge on any atom is 0.349 e. The minimum Gasteiger partial charge on any atom is -0.419 e. The second-order valence-corrected chi connectivity index (χ2v) is 5.28. The van der Waals surface area contributed by atoms with Gasteiger partial charge in [0.15, 0.2) is 5.57 Å². The number of cyclic esters (lactones) is 2. The van der Waals surface area contributed by atoms with E-state index in [1.807, 2.05) is 20.1 Å². The predicted octanol–water partition coefficient (Wildman–Crippen LogP) is 2.49. The van der Waals surface area contributed by atoms with Crippen LogP contribution in [0.3, 0.4) is 0 Å². The van der Waals surface area contributed by atoms with Crippen molar-refractivity contribution in [2.24, 2.45) is 5.92 Å². The number of esters is 2. The van der Waals surface area contributed by atoms with Crippen molar-refractivity contribution in [3.8, 4) is 0 Å². The lowest BCUT2D eigenvalue weighted by molar-refractivity contribution is -0.222. The van der Waals surface area contributed by atoms with Gasteiger partial charge in [-0.2, -0.15) is 0 Å². The van der Waals surface area contributed by atoms with Crippen LogP contribution >= 0.6 is 11.8 Å². The van der Waals surface area contributed by atoms with Gasteiger partial charge in [-0.05, 0) is 18.6 Å². The van der Waals surface area contributed by atoms with Crippen molar-refractivity contribution in [1.82, 2.24) is 0 Å². The highest BCUT2D eigenvalue weighted by Gasteiger charge is 2.41. The summed E-state index contributed by atoms with van der Waals surface area (Å²) >= 11 is 1.39. The molecule has 0 bridgehead atoms. The van der Waals surface area contributed by atoms with Gasteiger partial charge in [0, 0.05) is 18.8 Å². The van der Waals surface area contributed by atoms with Crippen LogP contribution in [0.4, 0.5) is 0 Å². The first kappa shape index (κ1) is 14.1. The van der Waals surface area contributed by atoms with Crippen LogP contribution in [-0.4, -0.2) is 24.0 Å². The van der Waals surface area contributed by atoms with Crippen molar-refractivity contribution in [3.05, 3.63) is 10.5 Å². The Hall–Kier alpha value is -0.970. The van der Waals surface area contributed by atoms with Gasteiger partial charge in [-0.1, -0.05) is 13.8 Å². The third-order valence-corrected chi connectivity index (χ3v) is 3.66. The summed E-state index contributed by atoms with van der Waals surface area (Å²) in [6.45, 7) is 7.06. The summed E-state index contributed by atoms with van der Waals surface area (Å²) in [7, 11) is 0. The first-order valence-electron chi connectivity index (χ1n) is 5.57. The highest BCUT2D eigenvalue weighted by Crippen LogP contribution is 2.33. The Morgan fingerprint density at radius 3 is 2.12 bits per heavy atom. The Labute approximate surface area is 106 Å². The molecule has 0 aromatic carbocycles. The lowest BCUT2D eigenvalue weighted by Gasteiger charge is -2.31. The Morgan fingerprint density at radius 1 is 1.29 bits per heavy atom. The molecule has 0 radical (unpaired) electrons. The minimum atomic E-state index is -1.17. The first-order chi connectivity index (χ1) is 7.82. The largest absolute Gasteiger partial charge is 0.419 e. The fourth-order valence-electron chi connectivity index (χ4n) is 1.59. The number of hydrogen-bond acceptors (Lipinski definition) is 5. The van der Waals surface area contributed by atoms with Crippen molar-refractivity contribution in [1.29, 1.82) is 0 Å². The molecule has 1 heterocycles. The van der Waals surface area contributed by atoms with Crippen molar-refractivity contribution >= 4 is 23.7 Å². The molecule has 5 heteroatoms. The van der Waals surface area contributed by atoms with Crippen molar-refractivity contribution < 1.29 is 19.1 Å². The van der Waals surface area contributed by atoms with Gasteiger partial charge in [-0.15, -0.1) is 11.8 Å². The van der Waals surface area contributed by atoms with Crippen molar-refractivity contribution in [3.63, 3.8) is 0 Å². The quantitative estimate of drug-likeness (QED) is 0.442. The monoisotopic (exact) mass is 258 g/mol. The summed E-state index contributed by atoms with van der Waals surface area (Å²) in [5, 5.41) is 0. The van der Waals surface area contributed by atoms with Crippen LogP contribution in [-0.2, 0) is 19.1 Å². The molecule has 0 amide bonds.